The molecule has 1 heterocycles. The highest BCUT2D eigenvalue weighted by atomic mass is 32.3. The molecule has 1 aromatic heterocycles. The number of ether oxygens (including phenoxy) is 2. The standard InChI is InChI=1S/C16H21N3O3.H2O4S/c1-21-14-7-12-13(8-15(14)22-2)19-16(9-17-12)18-10-3-5-11(20)6-4-10;1-5(2,3)4/h7-11,20H,3-6H2,1-2H3,(H,18,19);(H2,1,2,3,4)/p-1. The van der Waals surface area contributed by atoms with Gasteiger partial charge in [0.25, 0.3) is 0 Å². The Balaban J connectivity index is 0.000000465. The highest BCUT2D eigenvalue weighted by molar-refractivity contribution is 7.79. The fraction of sp³-hybridized carbons (Fsp3) is 0.500. The van der Waals surface area contributed by atoms with E-state index in [2.05, 4.69) is 15.3 Å². The number of aliphatic hydroxyl groups is 1. The van der Waals surface area contributed by atoms with Crippen LogP contribution in [-0.2, 0) is 10.4 Å². The lowest BCUT2D eigenvalue weighted by atomic mass is 9.93. The summed E-state index contributed by atoms with van der Waals surface area (Å²) in [6, 6.07) is 3.99. The lowest BCUT2D eigenvalue weighted by Gasteiger charge is -2.26. The van der Waals surface area contributed by atoms with E-state index < -0.39 is 10.4 Å². The molecule has 10 nitrogen and oxygen atoms in total. The third-order valence-corrected chi connectivity index (χ3v) is 4.10. The third kappa shape index (κ3) is 6.79. The molecule has 1 saturated carbocycles. The van der Waals surface area contributed by atoms with Crippen molar-refractivity contribution in [1.29, 1.82) is 0 Å². The Labute approximate surface area is 157 Å². The van der Waals surface area contributed by atoms with Crippen LogP contribution in [0.4, 0.5) is 5.82 Å². The Morgan fingerprint density at radius 1 is 1.11 bits per heavy atom. The minimum absolute atomic E-state index is 0.155. The van der Waals surface area contributed by atoms with Crippen molar-refractivity contribution in [3.63, 3.8) is 0 Å². The van der Waals surface area contributed by atoms with E-state index in [9.17, 15) is 5.11 Å². The number of aliphatic hydroxyl groups excluding tert-OH is 1. The van der Waals surface area contributed by atoms with Crippen LogP contribution in [0.2, 0.25) is 0 Å². The normalized spacial score (nSPS) is 19.7. The van der Waals surface area contributed by atoms with E-state index in [0.29, 0.717) is 17.5 Å². The molecule has 0 bridgehead atoms. The Morgan fingerprint density at radius 3 is 2.15 bits per heavy atom. The maximum Gasteiger partial charge on any atom is 0.215 e. The van der Waals surface area contributed by atoms with Crippen molar-refractivity contribution in [2.24, 2.45) is 0 Å². The molecule has 0 spiro atoms. The van der Waals surface area contributed by atoms with Gasteiger partial charge in [-0.05, 0) is 25.7 Å². The summed E-state index contributed by atoms with van der Waals surface area (Å²) in [4.78, 5) is 9.04. The lowest BCUT2D eigenvalue weighted by Crippen LogP contribution is -2.28. The van der Waals surface area contributed by atoms with Crippen molar-refractivity contribution >= 4 is 27.3 Å². The van der Waals surface area contributed by atoms with Gasteiger partial charge in [-0.2, -0.15) is 0 Å². The number of nitrogens with zero attached hydrogens (tertiary/aromatic N) is 2. The van der Waals surface area contributed by atoms with Gasteiger partial charge in [-0.1, -0.05) is 0 Å². The molecule has 0 aliphatic heterocycles. The predicted molar refractivity (Wildman–Crippen MR) is 96.9 cm³/mol. The van der Waals surface area contributed by atoms with E-state index in [1.165, 1.54) is 0 Å². The first-order valence-corrected chi connectivity index (χ1v) is 9.57. The monoisotopic (exact) mass is 400 g/mol. The number of anilines is 1. The van der Waals surface area contributed by atoms with Crippen molar-refractivity contribution in [3.05, 3.63) is 18.3 Å². The van der Waals surface area contributed by atoms with Gasteiger partial charge in [0, 0.05) is 18.2 Å². The molecule has 1 fully saturated rings. The van der Waals surface area contributed by atoms with Crippen LogP contribution in [-0.4, -0.2) is 59.0 Å². The number of methoxy groups -OCH3 is 2. The molecule has 1 aliphatic carbocycles. The maximum absolute atomic E-state index is 9.56. The fourth-order valence-electron chi connectivity index (χ4n) is 2.84. The van der Waals surface area contributed by atoms with Crippen molar-refractivity contribution in [1.82, 2.24) is 9.97 Å². The van der Waals surface area contributed by atoms with E-state index in [4.69, 9.17) is 27.0 Å². The van der Waals surface area contributed by atoms with Crippen LogP contribution >= 0.6 is 0 Å². The molecule has 0 saturated heterocycles. The zero-order valence-electron chi connectivity index (χ0n) is 15.0. The molecular weight excluding hydrogens is 378 g/mol. The second-order valence-electron chi connectivity index (χ2n) is 6.03. The minimum Gasteiger partial charge on any atom is -0.726 e. The van der Waals surface area contributed by atoms with E-state index in [1.807, 2.05) is 12.1 Å². The summed E-state index contributed by atoms with van der Waals surface area (Å²) in [6.07, 6.45) is 5.16. The number of fused-ring (bicyclic) bond motifs is 1. The Kier molecular flexibility index (Phi) is 7.13. The van der Waals surface area contributed by atoms with Crippen LogP contribution in [0.3, 0.4) is 0 Å². The molecule has 3 N–H and O–H groups in total. The smallest absolute Gasteiger partial charge is 0.215 e. The van der Waals surface area contributed by atoms with Crippen molar-refractivity contribution < 1.29 is 32.1 Å². The molecule has 0 atom stereocenters. The second-order valence-corrected chi connectivity index (χ2v) is 6.88. The van der Waals surface area contributed by atoms with Crippen LogP contribution in [0.25, 0.3) is 11.0 Å². The molecule has 1 aliphatic rings. The third-order valence-electron chi connectivity index (χ3n) is 4.10. The molecular formula is C16H22N3O7S-. The quantitative estimate of drug-likeness (QED) is 0.506. The van der Waals surface area contributed by atoms with Gasteiger partial charge in [0.2, 0.25) is 10.4 Å². The van der Waals surface area contributed by atoms with Gasteiger partial charge in [0.05, 0.1) is 37.6 Å². The maximum atomic E-state index is 9.56. The van der Waals surface area contributed by atoms with Gasteiger partial charge in [-0.15, -0.1) is 0 Å². The van der Waals surface area contributed by atoms with Crippen LogP contribution in [0.15, 0.2) is 18.3 Å². The molecule has 0 radical (unpaired) electrons. The Bertz CT molecular complexity index is 860. The van der Waals surface area contributed by atoms with Crippen LogP contribution in [0.1, 0.15) is 25.7 Å². The molecule has 150 valence electrons. The summed E-state index contributed by atoms with van der Waals surface area (Å²) < 4.78 is 43.4. The first kappa shape index (κ1) is 21.1. The van der Waals surface area contributed by atoms with E-state index in [1.54, 1.807) is 20.4 Å². The van der Waals surface area contributed by atoms with Crippen LogP contribution in [0.5, 0.6) is 11.5 Å². The highest BCUT2D eigenvalue weighted by Crippen LogP contribution is 2.31. The zero-order valence-corrected chi connectivity index (χ0v) is 15.8. The molecule has 0 amide bonds. The topological polar surface area (TPSA) is 154 Å². The second kappa shape index (κ2) is 9.13. The zero-order chi connectivity index (χ0) is 20.0. The fourth-order valence-corrected chi connectivity index (χ4v) is 2.84. The number of aromatic nitrogens is 2. The minimum atomic E-state index is -4.92. The summed E-state index contributed by atoms with van der Waals surface area (Å²) in [5.41, 5.74) is 1.53. The summed E-state index contributed by atoms with van der Waals surface area (Å²) in [6.45, 7) is 0. The Hall–Kier alpha value is -2.21. The van der Waals surface area contributed by atoms with Gasteiger partial charge in [-0.25, -0.2) is 13.4 Å². The number of nitrogens with one attached hydrogen (secondary N) is 1. The van der Waals surface area contributed by atoms with Gasteiger partial charge >= 0.3 is 0 Å². The number of benzene rings is 1. The van der Waals surface area contributed by atoms with Gasteiger partial charge in [0.15, 0.2) is 11.5 Å². The molecule has 27 heavy (non-hydrogen) atoms. The van der Waals surface area contributed by atoms with Crippen LogP contribution < -0.4 is 14.8 Å². The summed E-state index contributed by atoms with van der Waals surface area (Å²) in [5.74, 6) is 2.04. The number of hydrogen-bond acceptors (Lipinski definition) is 9. The van der Waals surface area contributed by atoms with Crippen LogP contribution in [0, 0.1) is 0 Å². The molecule has 1 aromatic carbocycles. The van der Waals surface area contributed by atoms with Gasteiger partial charge < -0.3 is 24.4 Å². The molecule has 0 unspecified atom stereocenters. The van der Waals surface area contributed by atoms with E-state index in [-0.39, 0.29) is 6.10 Å². The Morgan fingerprint density at radius 2 is 1.63 bits per heavy atom. The highest BCUT2D eigenvalue weighted by Gasteiger charge is 2.19. The average molecular weight is 400 g/mol. The molecule has 11 heteroatoms. The van der Waals surface area contributed by atoms with E-state index in [0.717, 1.165) is 42.5 Å². The van der Waals surface area contributed by atoms with Crippen molar-refractivity contribution in [3.8, 4) is 11.5 Å². The van der Waals surface area contributed by atoms with Crippen molar-refractivity contribution in [2.75, 3.05) is 19.5 Å². The summed E-state index contributed by atoms with van der Waals surface area (Å²) >= 11 is 0. The van der Waals surface area contributed by atoms with Gasteiger partial charge in [-0.3, -0.25) is 9.54 Å². The van der Waals surface area contributed by atoms with Crippen molar-refractivity contribution in [2.45, 2.75) is 37.8 Å². The van der Waals surface area contributed by atoms with Gasteiger partial charge in [0.1, 0.15) is 5.82 Å². The largest absolute Gasteiger partial charge is 0.726 e. The summed E-state index contributed by atoms with van der Waals surface area (Å²) in [5, 5.41) is 13.0. The first-order valence-electron chi connectivity index (χ1n) is 8.21. The van der Waals surface area contributed by atoms with E-state index >= 15 is 0 Å². The summed E-state index contributed by atoms with van der Waals surface area (Å²) in [7, 11) is -1.71. The molecule has 2 aromatic rings. The number of hydrogen-bond donors (Lipinski definition) is 3. The average Bonchev–Trinajstić information content (AvgIpc) is 2.61. The first-order chi connectivity index (χ1) is 12.7. The lowest BCUT2D eigenvalue weighted by molar-refractivity contribution is 0.126. The number of rotatable bonds is 4. The predicted octanol–water partition coefficient (Wildman–Crippen LogP) is 1.37. The SMILES string of the molecule is COc1cc2ncc(NC3CCC(O)CC3)nc2cc1OC.O=S(=O)([O-])O. The molecule has 3 rings (SSSR count).